The molecular formula is C49H61N7O11S. The lowest BCUT2D eigenvalue weighted by Crippen LogP contribution is -2.57. The molecule has 0 spiro atoms. The van der Waals surface area contributed by atoms with Crippen LogP contribution in [0.3, 0.4) is 0 Å². The average molecular weight is 956 g/mol. The maximum absolute atomic E-state index is 14.4. The molecule has 0 radical (unpaired) electrons. The van der Waals surface area contributed by atoms with Crippen LogP contribution in [-0.4, -0.2) is 120 Å². The molecule has 0 aliphatic heterocycles. The number of carbonyl (C=O) groups is 8. The summed E-state index contributed by atoms with van der Waals surface area (Å²) in [5, 5.41) is 38.2. The van der Waals surface area contributed by atoms with Gasteiger partial charge in [-0.2, -0.15) is 12.6 Å². The quantitative estimate of drug-likeness (QED) is 0.0338. The molecule has 0 bridgehead atoms. The summed E-state index contributed by atoms with van der Waals surface area (Å²) in [4.78, 5) is 103. The first-order valence-corrected chi connectivity index (χ1v) is 23.4. The number of hydrogen-bond acceptors (Lipinski definition) is 11. The molecular weight excluding hydrogens is 895 g/mol. The number of benzene rings is 4. The van der Waals surface area contributed by atoms with Crippen LogP contribution in [0.4, 0.5) is 0 Å². The van der Waals surface area contributed by atoms with E-state index in [2.05, 4.69) is 44.5 Å². The van der Waals surface area contributed by atoms with Gasteiger partial charge in [-0.05, 0) is 71.2 Å². The summed E-state index contributed by atoms with van der Waals surface area (Å²) < 4.78 is 5.39. The van der Waals surface area contributed by atoms with E-state index in [9.17, 15) is 48.6 Å². The number of rotatable bonds is 25. The summed E-state index contributed by atoms with van der Waals surface area (Å²) in [5.41, 5.74) is 7.69. The third kappa shape index (κ3) is 15.5. The molecule has 6 amide bonds. The molecule has 0 saturated heterocycles. The predicted molar refractivity (Wildman–Crippen MR) is 257 cm³/mol. The number of carbonyl (C=O) groups excluding carboxylic acids is 6. The van der Waals surface area contributed by atoms with E-state index < -0.39 is 78.1 Å². The van der Waals surface area contributed by atoms with E-state index in [0.717, 1.165) is 32.7 Å². The highest BCUT2D eigenvalue weighted by atomic mass is 32.1. The molecule has 1 aliphatic carbocycles. The highest BCUT2D eigenvalue weighted by Crippen LogP contribution is 2.29. The second-order valence-corrected chi connectivity index (χ2v) is 17.2. The molecule has 1 fully saturated rings. The fourth-order valence-electron chi connectivity index (χ4n) is 8.21. The van der Waals surface area contributed by atoms with Crippen molar-refractivity contribution in [3.8, 4) is 0 Å². The van der Waals surface area contributed by atoms with E-state index in [1.165, 1.54) is 0 Å². The number of carboxylic acid groups (broad SMARTS) is 2. The maximum Gasteiger partial charge on any atom is 0.327 e. The molecule has 1 unspecified atom stereocenters. The number of hydrogen-bond donors (Lipinski definition) is 10. The largest absolute Gasteiger partial charge is 0.481 e. The van der Waals surface area contributed by atoms with E-state index in [1.807, 2.05) is 91.9 Å². The number of carboxylic acids is 2. The van der Waals surface area contributed by atoms with Crippen LogP contribution in [0, 0.1) is 11.8 Å². The number of fused-ring (bicyclic) bond motifs is 2. The molecule has 5 atom stereocenters. The molecule has 68 heavy (non-hydrogen) atoms. The lowest BCUT2D eigenvalue weighted by molar-refractivity contribution is -0.143. The van der Waals surface area contributed by atoms with E-state index >= 15 is 0 Å². The minimum absolute atomic E-state index is 0.00858. The van der Waals surface area contributed by atoms with E-state index in [-0.39, 0.29) is 62.4 Å². The van der Waals surface area contributed by atoms with Gasteiger partial charge in [0.05, 0.1) is 13.0 Å². The van der Waals surface area contributed by atoms with Crippen LogP contribution in [0.2, 0.25) is 0 Å². The third-order valence-electron chi connectivity index (χ3n) is 12.0. The summed E-state index contributed by atoms with van der Waals surface area (Å²) in [6.45, 7) is 2.42. The Bertz CT molecular complexity index is 2420. The Morgan fingerprint density at radius 2 is 1.19 bits per heavy atom. The van der Waals surface area contributed by atoms with Gasteiger partial charge in [0.2, 0.25) is 35.4 Å². The Kier molecular flexibility index (Phi) is 20.1. The molecule has 19 heteroatoms. The van der Waals surface area contributed by atoms with Gasteiger partial charge >= 0.3 is 11.9 Å². The maximum atomic E-state index is 14.4. The summed E-state index contributed by atoms with van der Waals surface area (Å²) in [6.07, 6.45) is 1.66. The molecule has 10 N–H and O–H groups in total. The molecule has 4 aromatic carbocycles. The summed E-state index contributed by atoms with van der Waals surface area (Å²) >= 11 is 3.87. The summed E-state index contributed by atoms with van der Waals surface area (Å²) in [5.74, 6) is -7.13. The van der Waals surface area contributed by atoms with Gasteiger partial charge in [-0.25, -0.2) is 4.79 Å². The number of nitrogens with one attached hydrogen (secondary N) is 6. The van der Waals surface area contributed by atoms with Gasteiger partial charge in [0.1, 0.15) is 30.2 Å². The highest BCUT2D eigenvalue weighted by molar-refractivity contribution is 7.80. The molecule has 18 nitrogen and oxygen atoms in total. The van der Waals surface area contributed by atoms with Gasteiger partial charge < -0.3 is 52.6 Å². The number of amides is 6. The SMILES string of the molecule is CCOCCC(=O)N[C@@H](Cc1cccc2ccccc12)C(=O)N[C@@H](Cc1cccc2ccccc12)C(=O)NCC1CCC(C(=O)NCC(N)C(=O)N[C@@H](CC(=O)O)C(=O)N[C@@H](CS)C(=O)O)CC1. The van der Waals surface area contributed by atoms with Crippen molar-refractivity contribution in [1.82, 2.24) is 31.9 Å². The molecule has 364 valence electrons. The molecule has 0 aromatic heterocycles. The second kappa shape index (κ2) is 26.1. The summed E-state index contributed by atoms with van der Waals surface area (Å²) in [6, 6.07) is 20.7. The Balaban J connectivity index is 1.20. The fraction of sp³-hybridized carbons (Fsp3) is 0.429. The van der Waals surface area contributed by atoms with Crippen molar-refractivity contribution in [3.63, 3.8) is 0 Å². The van der Waals surface area contributed by atoms with Crippen LogP contribution >= 0.6 is 12.6 Å². The monoisotopic (exact) mass is 955 g/mol. The summed E-state index contributed by atoms with van der Waals surface area (Å²) in [7, 11) is 0. The van der Waals surface area contributed by atoms with Crippen LogP contribution in [0.25, 0.3) is 21.5 Å². The van der Waals surface area contributed by atoms with E-state index in [0.29, 0.717) is 32.3 Å². The molecule has 4 aromatic rings. The van der Waals surface area contributed by atoms with Crippen LogP contribution in [0.15, 0.2) is 84.9 Å². The first-order valence-electron chi connectivity index (χ1n) is 22.7. The van der Waals surface area contributed by atoms with Crippen LogP contribution in [-0.2, 0) is 55.9 Å². The zero-order valence-corrected chi connectivity index (χ0v) is 38.8. The first kappa shape index (κ1) is 52.4. The van der Waals surface area contributed by atoms with Gasteiger partial charge in [-0.3, -0.25) is 33.6 Å². The Hall–Kier alpha value is -6.57. The topological polar surface area (TPSA) is 284 Å². The van der Waals surface area contributed by atoms with Crippen LogP contribution in [0.1, 0.15) is 56.6 Å². The Labute approximate surface area is 399 Å². The van der Waals surface area contributed by atoms with Crippen LogP contribution in [0.5, 0.6) is 0 Å². The lowest BCUT2D eigenvalue weighted by atomic mass is 9.81. The third-order valence-corrected chi connectivity index (χ3v) is 12.4. The van der Waals surface area contributed by atoms with Gasteiger partial charge in [-0.15, -0.1) is 0 Å². The second-order valence-electron chi connectivity index (χ2n) is 16.9. The smallest absolute Gasteiger partial charge is 0.327 e. The molecule has 0 heterocycles. The zero-order valence-electron chi connectivity index (χ0n) is 37.9. The van der Waals surface area contributed by atoms with Gasteiger partial charge in [0.25, 0.3) is 0 Å². The minimum Gasteiger partial charge on any atom is -0.481 e. The Morgan fingerprint density at radius 1 is 0.662 bits per heavy atom. The number of nitrogens with two attached hydrogens (primary N) is 1. The molecule has 1 aliphatic rings. The normalized spacial score (nSPS) is 16.8. The number of thiol groups is 1. The first-order chi connectivity index (χ1) is 32.7. The van der Waals surface area contributed by atoms with Crippen molar-refractivity contribution < 1.29 is 53.3 Å². The van der Waals surface area contributed by atoms with Gasteiger partial charge in [-0.1, -0.05) is 84.9 Å². The fourth-order valence-corrected chi connectivity index (χ4v) is 8.46. The van der Waals surface area contributed by atoms with Crippen molar-refractivity contribution >= 4 is 81.6 Å². The van der Waals surface area contributed by atoms with Crippen molar-refractivity contribution in [2.24, 2.45) is 17.6 Å². The Morgan fingerprint density at radius 3 is 1.75 bits per heavy atom. The van der Waals surface area contributed by atoms with Crippen molar-refractivity contribution in [1.29, 1.82) is 0 Å². The molecule has 1 saturated carbocycles. The van der Waals surface area contributed by atoms with Gasteiger partial charge in [0, 0.05) is 50.6 Å². The number of ether oxygens (including phenoxy) is 1. The van der Waals surface area contributed by atoms with Crippen molar-refractivity contribution in [3.05, 3.63) is 96.1 Å². The highest BCUT2D eigenvalue weighted by Gasteiger charge is 2.32. The average Bonchev–Trinajstić information content (AvgIpc) is 3.33. The molecule has 5 rings (SSSR count). The van der Waals surface area contributed by atoms with Crippen molar-refractivity contribution in [2.75, 3.05) is 32.1 Å². The lowest BCUT2D eigenvalue weighted by Gasteiger charge is -2.29. The van der Waals surface area contributed by atoms with E-state index in [1.54, 1.807) is 0 Å². The van der Waals surface area contributed by atoms with Crippen LogP contribution < -0.4 is 37.6 Å². The minimum atomic E-state index is -1.63. The standard InChI is InChI=1S/C49H61N7O11S/c1-2-67-22-21-42(57)53-39(24-34-14-8-12-31-10-4-6-16-36(31)34)47(63)55-38(23-33-13-7-11-30-9-3-5-15-35(30)33)46(62)51-26-29-17-19-32(20-18-29)44(60)52-27-37(50)45(61)54-40(25-43(58)59)48(64)56-41(28-68)49(65)66/h3-16,29,32,37-41,68H,2,17-28,50H2,1H3,(H,51,62)(H,52,60)(H,53,57)(H,54,61)(H,55,63)(H,56,64)(H,58,59)(H,65,66)/t29?,32?,37?,38-,39-,40-,41-/m0/s1. The van der Waals surface area contributed by atoms with Crippen molar-refractivity contribution in [2.45, 2.75) is 88.5 Å². The number of aliphatic carboxylic acids is 2. The zero-order chi connectivity index (χ0) is 49.2. The van der Waals surface area contributed by atoms with E-state index in [4.69, 9.17) is 10.5 Å². The predicted octanol–water partition coefficient (Wildman–Crippen LogP) is 2.00. The van der Waals surface area contributed by atoms with Gasteiger partial charge in [0.15, 0.2) is 0 Å².